The first-order chi connectivity index (χ1) is 7.77. The molecule has 7 nitrogen and oxygen atoms in total. The number of hydrogen-bond acceptors (Lipinski definition) is 5. The quantitative estimate of drug-likeness (QED) is 0.544. The Kier molecular flexibility index (Phi) is 3.62. The second-order valence-electron chi connectivity index (χ2n) is 4.33. The summed E-state index contributed by atoms with van der Waals surface area (Å²) in [5, 5.41) is 22.0. The zero-order valence-corrected chi connectivity index (χ0v) is 10.2. The molecule has 0 fully saturated rings. The summed E-state index contributed by atoms with van der Waals surface area (Å²) < 4.78 is 0. The third kappa shape index (κ3) is 2.33. The van der Waals surface area contributed by atoms with Gasteiger partial charge in [0, 0.05) is 16.6 Å². The van der Waals surface area contributed by atoms with Crippen LogP contribution in [0.25, 0.3) is 0 Å². The van der Waals surface area contributed by atoms with Crippen molar-refractivity contribution >= 4 is 0 Å². The van der Waals surface area contributed by atoms with Crippen molar-refractivity contribution in [2.24, 2.45) is 0 Å². The van der Waals surface area contributed by atoms with E-state index in [4.69, 9.17) is 0 Å². The Balaban J connectivity index is 3.36. The van der Waals surface area contributed by atoms with Crippen LogP contribution < -0.4 is 0 Å². The van der Waals surface area contributed by atoms with Crippen LogP contribution in [-0.2, 0) is 0 Å². The van der Waals surface area contributed by atoms with Crippen molar-refractivity contribution in [3.63, 3.8) is 0 Å². The van der Waals surface area contributed by atoms with E-state index in [0.717, 1.165) is 0 Å². The van der Waals surface area contributed by atoms with Gasteiger partial charge >= 0.3 is 0 Å². The first kappa shape index (κ1) is 13.3. The molecule has 0 saturated heterocycles. The summed E-state index contributed by atoms with van der Waals surface area (Å²) in [6.45, 7) is 3.30. The van der Waals surface area contributed by atoms with Crippen LogP contribution in [0, 0.1) is 20.2 Å². The van der Waals surface area contributed by atoms with Gasteiger partial charge in [0.05, 0.1) is 4.92 Å². The zero-order chi connectivity index (χ0) is 13.3. The molecule has 0 bridgehead atoms. The van der Waals surface area contributed by atoms with E-state index in [1.54, 1.807) is 27.9 Å². The molecule has 0 amide bonds. The maximum atomic E-state index is 11.1. The molecular formula is C10H15N3O4. The standard InChI is InChI=1S/C10H15N3O4/c1-6-5-8(12(14)15)10(11(3)4)9(7(6)2)13(16)17/h5,9-10H,1-4H3. The Morgan fingerprint density at radius 2 is 1.76 bits per heavy atom. The summed E-state index contributed by atoms with van der Waals surface area (Å²) in [5.41, 5.74) is 1.04. The van der Waals surface area contributed by atoms with E-state index in [-0.39, 0.29) is 5.70 Å². The third-order valence-electron chi connectivity index (χ3n) is 3.03. The lowest BCUT2D eigenvalue weighted by Gasteiger charge is -2.28. The van der Waals surface area contributed by atoms with Crippen LogP contribution in [0.3, 0.4) is 0 Å². The monoisotopic (exact) mass is 241 g/mol. The normalized spacial score (nSPS) is 24.9. The number of rotatable bonds is 3. The van der Waals surface area contributed by atoms with Gasteiger partial charge in [-0.2, -0.15) is 0 Å². The number of allylic oxidation sites excluding steroid dienone is 2. The van der Waals surface area contributed by atoms with Crippen LogP contribution in [0.15, 0.2) is 22.9 Å². The first-order valence-corrected chi connectivity index (χ1v) is 5.10. The van der Waals surface area contributed by atoms with Gasteiger partial charge in [-0.3, -0.25) is 25.1 Å². The molecule has 1 aliphatic rings. The van der Waals surface area contributed by atoms with Gasteiger partial charge in [0.25, 0.3) is 11.7 Å². The molecule has 0 saturated carbocycles. The fourth-order valence-electron chi connectivity index (χ4n) is 2.03. The summed E-state index contributed by atoms with van der Waals surface area (Å²) in [4.78, 5) is 22.6. The Bertz CT molecular complexity index is 425. The molecule has 1 aliphatic carbocycles. The topological polar surface area (TPSA) is 89.5 Å². The van der Waals surface area contributed by atoms with Gasteiger partial charge in [-0.15, -0.1) is 0 Å². The Labute approximate surface area is 98.7 Å². The van der Waals surface area contributed by atoms with E-state index >= 15 is 0 Å². The fraction of sp³-hybridized carbons (Fsp3) is 0.600. The van der Waals surface area contributed by atoms with Crippen molar-refractivity contribution in [2.45, 2.75) is 25.9 Å². The Morgan fingerprint density at radius 3 is 2.12 bits per heavy atom. The lowest BCUT2D eigenvalue weighted by Crippen LogP contribution is -2.48. The molecule has 0 aromatic heterocycles. The van der Waals surface area contributed by atoms with E-state index < -0.39 is 21.9 Å². The third-order valence-corrected chi connectivity index (χ3v) is 3.03. The molecule has 94 valence electrons. The molecule has 0 aliphatic heterocycles. The van der Waals surface area contributed by atoms with Crippen molar-refractivity contribution < 1.29 is 9.85 Å². The van der Waals surface area contributed by atoms with Crippen LogP contribution in [-0.4, -0.2) is 40.9 Å². The molecule has 0 spiro atoms. The lowest BCUT2D eigenvalue weighted by atomic mass is 9.88. The highest BCUT2D eigenvalue weighted by molar-refractivity contribution is 5.35. The van der Waals surface area contributed by atoms with E-state index in [2.05, 4.69) is 0 Å². The van der Waals surface area contributed by atoms with Gasteiger partial charge in [0.15, 0.2) is 6.04 Å². The minimum atomic E-state index is -1.06. The molecule has 0 aromatic rings. The number of nitrogens with zero attached hydrogens (tertiary/aromatic N) is 3. The maximum absolute atomic E-state index is 11.1. The van der Waals surface area contributed by atoms with Crippen LogP contribution in [0.2, 0.25) is 0 Å². The molecule has 0 radical (unpaired) electrons. The maximum Gasteiger partial charge on any atom is 0.270 e. The fourth-order valence-corrected chi connectivity index (χ4v) is 2.03. The van der Waals surface area contributed by atoms with Gasteiger partial charge in [-0.1, -0.05) is 0 Å². The van der Waals surface area contributed by atoms with Crippen molar-refractivity contribution in [3.05, 3.63) is 43.1 Å². The van der Waals surface area contributed by atoms with Crippen molar-refractivity contribution in [1.29, 1.82) is 0 Å². The van der Waals surface area contributed by atoms with Crippen molar-refractivity contribution in [3.8, 4) is 0 Å². The van der Waals surface area contributed by atoms with Crippen molar-refractivity contribution in [1.82, 2.24) is 4.90 Å². The zero-order valence-electron chi connectivity index (χ0n) is 10.2. The van der Waals surface area contributed by atoms with Crippen LogP contribution in [0.4, 0.5) is 0 Å². The average molecular weight is 241 g/mol. The lowest BCUT2D eigenvalue weighted by molar-refractivity contribution is -0.528. The molecule has 0 heterocycles. The van der Waals surface area contributed by atoms with Gasteiger partial charge in [-0.05, 0) is 33.5 Å². The van der Waals surface area contributed by atoms with E-state index in [1.807, 2.05) is 0 Å². The van der Waals surface area contributed by atoms with Gasteiger partial charge in [0.1, 0.15) is 0 Å². The molecular weight excluding hydrogens is 226 g/mol. The molecule has 7 heteroatoms. The van der Waals surface area contributed by atoms with Crippen LogP contribution in [0.5, 0.6) is 0 Å². The minimum absolute atomic E-state index is 0.125. The van der Waals surface area contributed by atoms with Gasteiger partial charge in [0.2, 0.25) is 0 Å². The van der Waals surface area contributed by atoms with Gasteiger partial charge in [-0.25, -0.2) is 0 Å². The SMILES string of the molecule is CC1=C(C)C([N+](=O)[O-])C(N(C)C)C([N+](=O)[O-])=C1. The number of hydrogen-bond donors (Lipinski definition) is 0. The Morgan fingerprint density at radius 1 is 1.24 bits per heavy atom. The second-order valence-corrected chi connectivity index (χ2v) is 4.33. The summed E-state index contributed by atoms with van der Waals surface area (Å²) in [6, 6.07) is -1.89. The first-order valence-electron chi connectivity index (χ1n) is 5.10. The smallest absolute Gasteiger partial charge is 0.270 e. The number of nitro groups is 2. The molecule has 0 aromatic carbocycles. The van der Waals surface area contributed by atoms with Crippen LogP contribution in [0.1, 0.15) is 13.8 Å². The predicted octanol–water partition coefficient (Wildman–Crippen LogP) is 1.07. The summed E-state index contributed by atoms with van der Waals surface area (Å²) in [7, 11) is 3.21. The molecule has 1 rings (SSSR count). The van der Waals surface area contributed by atoms with Crippen LogP contribution >= 0.6 is 0 Å². The molecule has 17 heavy (non-hydrogen) atoms. The highest BCUT2D eigenvalue weighted by Gasteiger charge is 2.46. The highest BCUT2D eigenvalue weighted by atomic mass is 16.6. The summed E-state index contributed by atoms with van der Waals surface area (Å²) >= 11 is 0. The molecule has 2 unspecified atom stereocenters. The van der Waals surface area contributed by atoms with Gasteiger partial charge < -0.3 is 0 Å². The molecule has 2 atom stereocenters. The average Bonchev–Trinajstić information content (AvgIpc) is 2.19. The van der Waals surface area contributed by atoms with E-state index in [0.29, 0.717) is 11.1 Å². The van der Waals surface area contributed by atoms with E-state index in [1.165, 1.54) is 11.0 Å². The number of likely N-dealkylation sites (N-methyl/N-ethyl adjacent to an activating group) is 1. The Hall–Kier alpha value is -1.76. The van der Waals surface area contributed by atoms with Crippen molar-refractivity contribution in [2.75, 3.05) is 14.1 Å². The minimum Gasteiger partial charge on any atom is -0.291 e. The largest absolute Gasteiger partial charge is 0.291 e. The second kappa shape index (κ2) is 4.62. The molecule has 0 N–H and O–H groups in total. The summed E-state index contributed by atoms with van der Waals surface area (Å²) in [6.07, 6.45) is 1.42. The predicted molar refractivity (Wildman–Crippen MR) is 61.7 cm³/mol. The van der Waals surface area contributed by atoms with E-state index in [9.17, 15) is 20.2 Å². The highest BCUT2D eigenvalue weighted by Crippen LogP contribution is 2.29. The summed E-state index contributed by atoms with van der Waals surface area (Å²) in [5.74, 6) is 0.